The number of rotatable bonds is 6. The Bertz CT molecular complexity index is 609. The van der Waals surface area contributed by atoms with Gasteiger partial charge in [0, 0.05) is 43.3 Å². The Hall–Kier alpha value is -1.64. The number of aromatic amines is 1. The van der Waals surface area contributed by atoms with E-state index in [1.807, 2.05) is 11.5 Å². The zero-order valence-electron chi connectivity index (χ0n) is 10.6. The van der Waals surface area contributed by atoms with Crippen molar-refractivity contribution < 1.29 is 8.42 Å². The van der Waals surface area contributed by atoms with Gasteiger partial charge in [-0.15, -0.1) is 0 Å². The molecule has 104 valence electrons. The van der Waals surface area contributed by atoms with Gasteiger partial charge in [-0.3, -0.25) is 5.10 Å². The lowest BCUT2D eigenvalue weighted by molar-refractivity contribution is 0.581. The van der Waals surface area contributed by atoms with Crippen LogP contribution >= 0.6 is 0 Å². The predicted molar refractivity (Wildman–Crippen MR) is 70.6 cm³/mol. The molecule has 0 atom stereocenters. The number of nitrogens with two attached hydrogens (primary N) is 1. The maximum atomic E-state index is 12.1. The molecular weight excluding hydrogens is 266 g/mol. The lowest BCUT2D eigenvalue weighted by Gasteiger charge is -2.03. The molecule has 0 aliphatic rings. The molecule has 0 aliphatic heterocycles. The monoisotopic (exact) mass is 283 g/mol. The summed E-state index contributed by atoms with van der Waals surface area (Å²) in [5.74, 6) is 0. The highest BCUT2D eigenvalue weighted by Gasteiger charge is 2.17. The molecule has 7 nitrogen and oxygen atoms in total. The van der Waals surface area contributed by atoms with Gasteiger partial charge < -0.3 is 10.3 Å². The van der Waals surface area contributed by atoms with Gasteiger partial charge in [-0.25, -0.2) is 13.1 Å². The minimum atomic E-state index is -3.53. The third kappa shape index (κ3) is 3.03. The number of nitrogens with zero attached hydrogens (tertiary/aromatic N) is 2. The summed E-state index contributed by atoms with van der Waals surface area (Å²) in [6, 6.07) is 1.60. The first-order valence-electron chi connectivity index (χ1n) is 5.93. The molecule has 2 aromatic heterocycles. The van der Waals surface area contributed by atoms with Crippen LogP contribution < -0.4 is 10.5 Å². The molecular formula is C11H17N5O2S. The smallest absolute Gasteiger partial charge is 0.242 e. The lowest BCUT2D eigenvalue weighted by atomic mass is 10.4. The average Bonchev–Trinajstić information content (AvgIpc) is 3.05. The van der Waals surface area contributed by atoms with Gasteiger partial charge in [0.05, 0.1) is 11.1 Å². The van der Waals surface area contributed by atoms with E-state index < -0.39 is 10.0 Å². The molecule has 19 heavy (non-hydrogen) atoms. The van der Waals surface area contributed by atoms with E-state index in [0.29, 0.717) is 13.1 Å². The SMILES string of the molecule is CCn1cc(S(=O)(=O)NCc2cn[nH]c2)cc1CN. The second kappa shape index (κ2) is 5.55. The van der Waals surface area contributed by atoms with Gasteiger partial charge in [-0.05, 0) is 13.0 Å². The van der Waals surface area contributed by atoms with E-state index in [0.717, 1.165) is 11.3 Å². The molecule has 0 aliphatic carbocycles. The summed E-state index contributed by atoms with van der Waals surface area (Å²) in [5.41, 5.74) is 7.16. The van der Waals surface area contributed by atoms with Gasteiger partial charge >= 0.3 is 0 Å². The zero-order valence-corrected chi connectivity index (χ0v) is 11.4. The van der Waals surface area contributed by atoms with Gasteiger partial charge in [0.15, 0.2) is 0 Å². The first-order valence-corrected chi connectivity index (χ1v) is 7.41. The Labute approximate surface area is 111 Å². The van der Waals surface area contributed by atoms with Crippen molar-refractivity contribution in [3.05, 3.63) is 35.9 Å². The first kappa shape index (κ1) is 13.8. The van der Waals surface area contributed by atoms with Crippen molar-refractivity contribution in [3.8, 4) is 0 Å². The van der Waals surface area contributed by atoms with Crippen molar-refractivity contribution in [1.29, 1.82) is 0 Å². The van der Waals surface area contributed by atoms with Gasteiger partial charge in [0.25, 0.3) is 0 Å². The second-order valence-corrected chi connectivity index (χ2v) is 5.86. The molecule has 2 rings (SSSR count). The molecule has 0 radical (unpaired) electrons. The summed E-state index contributed by atoms with van der Waals surface area (Å²) in [5, 5.41) is 6.39. The van der Waals surface area contributed by atoms with Crippen LogP contribution in [0, 0.1) is 0 Å². The number of aryl methyl sites for hydroxylation is 1. The van der Waals surface area contributed by atoms with Crippen molar-refractivity contribution in [2.24, 2.45) is 5.73 Å². The van der Waals surface area contributed by atoms with Crippen LogP contribution in [0.2, 0.25) is 0 Å². The van der Waals surface area contributed by atoms with Crippen LogP contribution in [0.4, 0.5) is 0 Å². The fourth-order valence-electron chi connectivity index (χ4n) is 1.77. The fourth-order valence-corrected chi connectivity index (χ4v) is 2.85. The lowest BCUT2D eigenvalue weighted by Crippen LogP contribution is -2.22. The van der Waals surface area contributed by atoms with Crippen LogP contribution in [0.1, 0.15) is 18.2 Å². The summed E-state index contributed by atoms with van der Waals surface area (Å²) in [6.45, 7) is 3.14. The molecule has 0 aromatic carbocycles. The molecule has 0 bridgehead atoms. The quantitative estimate of drug-likeness (QED) is 0.702. The molecule has 0 saturated carbocycles. The van der Waals surface area contributed by atoms with E-state index in [9.17, 15) is 8.42 Å². The minimum absolute atomic E-state index is 0.202. The first-order chi connectivity index (χ1) is 9.06. The van der Waals surface area contributed by atoms with Gasteiger partial charge in [0.1, 0.15) is 0 Å². The standard InChI is InChI=1S/C11H17N5O2S/c1-2-16-8-11(3-10(16)4-12)19(17,18)15-7-9-5-13-14-6-9/h3,5-6,8,15H,2,4,7,12H2,1H3,(H,13,14). The summed E-state index contributed by atoms with van der Waals surface area (Å²) in [7, 11) is -3.53. The number of aromatic nitrogens is 3. The predicted octanol–water partition coefficient (Wildman–Crippen LogP) is 0.168. The number of sulfonamides is 1. The van der Waals surface area contributed by atoms with E-state index in [4.69, 9.17) is 5.73 Å². The maximum Gasteiger partial charge on any atom is 0.242 e. The Balaban J connectivity index is 2.17. The van der Waals surface area contributed by atoms with E-state index in [1.54, 1.807) is 24.7 Å². The van der Waals surface area contributed by atoms with E-state index >= 15 is 0 Å². The minimum Gasteiger partial charge on any atom is -0.349 e. The molecule has 2 heterocycles. The number of hydrogen-bond acceptors (Lipinski definition) is 4. The Morgan fingerprint density at radius 3 is 2.84 bits per heavy atom. The summed E-state index contributed by atoms with van der Waals surface area (Å²) in [4.78, 5) is 0.235. The van der Waals surface area contributed by atoms with Crippen LogP contribution in [-0.4, -0.2) is 23.2 Å². The van der Waals surface area contributed by atoms with Crippen LogP contribution in [0.15, 0.2) is 29.6 Å². The van der Waals surface area contributed by atoms with Crippen molar-refractivity contribution in [3.63, 3.8) is 0 Å². The molecule has 0 unspecified atom stereocenters. The number of nitrogens with one attached hydrogen (secondary N) is 2. The highest BCUT2D eigenvalue weighted by atomic mass is 32.2. The molecule has 4 N–H and O–H groups in total. The Kier molecular flexibility index (Phi) is 4.03. The highest BCUT2D eigenvalue weighted by molar-refractivity contribution is 7.89. The van der Waals surface area contributed by atoms with Gasteiger partial charge in [-0.2, -0.15) is 5.10 Å². The molecule has 0 amide bonds. The topological polar surface area (TPSA) is 106 Å². The van der Waals surface area contributed by atoms with Crippen molar-refractivity contribution >= 4 is 10.0 Å². The third-order valence-electron chi connectivity index (χ3n) is 2.84. The Morgan fingerprint density at radius 1 is 1.53 bits per heavy atom. The number of H-pyrrole nitrogens is 1. The third-order valence-corrected chi connectivity index (χ3v) is 4.21. The average molecular weight is 283 g/mol. The molecule has 0 saturated heterocycles. The van der Waals surface area contributed by atoms with E-state index in [2.05, 4.69) is 14.9 Å². The van der Waals surface area contributed by atoms with Gasteiger partial charge in [0.2, 0.25) is 10.0 Å². The zero-order chi connectivity index (χ0) is 13.9. The summed E-state index contributed by atoms with van der Waals surface area (Å²) in [6.07, 6.45) is 4.82. The van der Waals surface area contributed by atoms with E-state index in [-0.39, 0.29) is 11.4 Å². The maximum absolute atomic E-state index is 12.1. The molecule has 0 spiro atoms. The summed E-state index contributed by atoms with van der Waals surface area (Å²) < 4.78 is 28.6. The van der Waals surface area contributed by atoms with Crippen molar-refractivity contribution in [2.75, 3.05) is 0 Å². The second-order valence-electron chi connectivity index (χ2n) is 4.09. The van der Waals surface area contributed by atoms with Crippen molar-refractivity contribution in [1.82, 2.24) is 19.5 Å². The van der Waals surface area contributed by atoms with Crippen molar-refractivity contribution in [2.45, 2.75) is 31.5 Å². The summed E-state index contributed by atoms with van der Waals surface area (Å²) >= 11 is 0. The largest absolute Gasteiger partial charge is 0.349 e. The van der Waals surface area contributed by atoms with Gasteiger partial charge in [-0.1, -0.05) is 0 Å². The van der Waals surface area contributed by atoms with Crippen LogP contribution in [0.25, 0.3) is 0 Å². The van der Waals surface area contributed by atoms with Crippen LogP contribution in [0.3, 0.4) is 0 Å². The molecule has 0 fully saturated rings. The van der Waals surface area contributed by atoms with Crippen LogP contribution in [-0.2, 0) is 29.7 Å². The molecule has 2 aromatic rings. The number of hydrogen-bond donors (Lipinski definition) is 3. The fraction of sp³-hybridized carbons (Fsp3) is 0.364. The normalized spacial score (nSPS) is 11.9. The van der Waals surface area contributed by atoms with Crippen LogP contribution in [0.5, 0.6) is 0 Å². The Morgan fingerprint density at radius 2 is 2.32 bits per heavy atom. The highest BCUT2D eigenvalue weighted by Crippen LogP contribution is 2.14. The van der Waals surface area contributed by atoms with E-state index in [1.165, 1.54) is 0 Å². The molecule has 8 heteroatoms.